The van der Waals surface area contributed by atoms with E-state index in [4.69, 9.17) is 0 Å². The van der Waals surface area contributed by atoms with Crippen molar-refractivity contribution in [2.45, 2.75) is 31.6 Å². The van der Waals surface area contributed by atoms with Crippen LogP contribution in [0.2, 0.25) is 0 Å². The van der Waals surface area contributed by atoms with Crippen molar-refractivity contribution in [1.29, 1.82) is 0 Å². The number of anilines is 1. The smallest absolute Gasteiger partial charge is 0.292 e. The molecule has 0 N–H and O–H groups in total. The number of hydrogen-bond acceptors (Lipinski definition) is 2. The van der Waals surface area contributed by atoms with Gasteiger partial charge in [0.15, 0.2) is 0 Å². The number of nitrogens with zero attached hydrogens (tertiary/aromatic N) is 3. The fourth-order valence-electron chi connectivity index (χ4n) is 4.32. The minimum atomic E-state index is 0.0199. The van der Waals surface area contributed by atoms with Gasteiger partial charge in [-0.25, -0.2) is 9.78 Å². The predicted octanol–water partition coefficient (Wildman–Crippen LogP) is 4.38. The standard InChI is InChI=1S/C22H21N3O/c26-22(25-15-23-19-11-5-7-13-21(19)25)24-14-18(16-8-2-1-3-9-16)17-10-4-6-12-20(17)24/h1-4,6,8-10,12,15,18H,5,7,11,13-14H2. The van der Waals surface area contributed by atoms with Crippen LogP contribution in [-0.2, 0) is 12.8 Å². The molecule has 26 heavy (non-hydrogen) atoms. The Morgan fingerprint density at radius 3 is 2.62 bits per heavy atom. The molecule has 5 rings (SSSR count). The SMILES string of the molecule is O=C(N1CC(c2ccccc2)c2ccccc21)n1cnc2c1CCCC2. The number of fused-ring (bicyclic) bond motifs is 2. The second kappa shape index (κ2) is 6.13. The summed E-state index contributed by atoms with van der Waals surface area (Å²) in [6.07, 6.45) is 5.95. The molecule has 4 nitrogen and oxygen atoms in total. The van der Waals surface area contributed by atoms with Gasteiger partial charge in [-0.1, -0.05) is 48.5 Å². The van der Waals surface area contributed by atoms with Gasteiger partial charge in [-0.3, -0.25) is 9.47 Å². The molecule has 0 saturated carbocycles. The summed E-state index contributed by atoms with van der Waals surface area (Å²) in [5, 5.41) is 0. The molecule has 1 aromatic heterocycles. The Labute approximate surface area is 153 Å². The molecule has 0 radical (unpaired) electrons. The van der Waals surface area contributed by atoms with Gasteiger partial charge < -0.3 is 0 Å². The number of aryl methyl sites for hydroxylation is 1. The van der Waals surface area contributed by atoms with Crippen LogP contribution in [0.3, 0.4) is 0 Å². The average molecular weight is 343 g/mol. The molecule has 1 atom stereocenters. The first-order valence-electron chi connectivity index (χ1n) is 9.34. The average Bonchev–Trinajstić information content (AvgIpc) is 3.30. The van der Waals surface area contributed by atoms with Crippen LogP contribution < -0.4 is 4.90 Å². The van der Waals surface area contributed by atoms with Crippen LogP contribution in [0, 0.1) is 0 Å². The van der Waals surface area contributed by atoms with E-state index in [0.29, 0.717) is 6.54 Å². The third-order valence-corrected chi connectivity index (χ3v) is 5.64. The Hall–Kier alpha value is -2.88. The molecule has 130 valence electrons. The van der Waals surface area contributed by atoms with Crippen molar-refractivity contribution in [1.82, 2.24) is 9.55 Å². The Morgan fingerprint density at radius 1 is 0.962 bits per heavy atom. The lowest BCUT2D eigenvalue weighted by molar-refractivity contribution is 0.247. The second-order valence-corrected chi connectivity index (χ2v) is 7.13. The largest absolute Gasteiger partial charge is 0.334 e. The van der Waals surface area contributed by atoms with E-state index in [2.05, 4.69) is 47.4 Å². The molecule has 0 bridgehead atoms. The monoisotopic (exact) mass is 343 g/mol. The van der Waals surface area contributed by atoms with E-state index in [1.165, 1.54) is 17.5 Å². The molecule has 1 amide bonds. The summed E-state index contributed by atoms with van der Waals surface area (Å²) in [6, 6.07) is 18.7. The first-order valence-corrected chi connectivity index (χ1v) is 9.34. The molecule has 1 unspecified atom stereocenters. The highest BCUT2D eigenvalue weighted by Gasteiger charge is 2.34. The molecule has 2 heterocycles. The number of carbonyl (C=O) groups excluding carboxylic acids is 1. The lowest BCUT2D eigenvalue weighted by Gasteiger charge is -2.21. The van der Waals surface area contributed by atoms with Gasteiger partial charge in [-0.05, 0) is 42.9 Å². The summed E-state index contributed by atoms with van der Waals surface area (Å²) < 4.78 is 1.78. The molecular weight excluding hydrogens is 322 g/mol. The molecular formula is C22H21N3O. The zero-order valence-corrected chi connectivity index (χ0v) is 14.6. The summed E-state index contributed by atoms with van der Waals surface area (Å²) in [4.78, 5) is 19.8. The normalized spacial score (nSPS) is 18.5. The van der Waals surface area contributed by atoms with Gasteiger partial charge in [0.25, 0.3) is 0 Å². The van der Waals surface area contributed by atoms with Crippen LogP contribution in [0.25, 0.3) is 0 Å². The Morgan fingerprint density at radius 2 is 1.73 bits per heavy atom. The van der Waals surface area contributed by atoms with E-state index in [9.17, 15) is 4.79 Å². The van der Waals surface area contributed by atoms with Crippen LogP contribution in [0.1, 0.15) is 41.3 Å². The summed E-state index contributed by atoms with van der Waals surface area (Å²) in [7, 11) is 0. The number of imidazole rings is 1. The van der Waals surface area contributed by atoms with Gasteiger partial charge in [0.1, 0.15) is 6.33 Å². The fraction of sp³-hybridized carbons (Fsp3) is 0.273. The maximum atomic E-state index is 13.4. The van der Waals surface area contributed by atoms with Gasteiger partial charge in [0, 0.05) is 18.2 Å². The third-order valence-electron chi connectivity index (χ3n) is 5.64. The summed E-state index contributed by atoms with van der Waals surface area (Å²) in [5.41, 5.74) is 5.69. The van der Waals surface area contributed by atoms with Crippen molar-refractivity contribution in [3.8, 4) is 0 Å². The van der Waals surface area contributed by atoms with Crippen LogP contribution in [-0.4, -0.2) is 22.1 Å². The quantitative estimate of drug-likeness (QED) is 0.657. The number of aromatic nitrogens is 2. The first kappa shape index (κ1) is 15.4. The van der Waals surface area contributed by atoms with Gasteiger partial charge in [-0.15, -0.1) is 0 Å². The van der Waals surface area contributed by atoms with E-state index in [0.717, 1.165) is 36.3 Å². The van der Waals surface area contributed by atoms with Crippen molar-refractivity contribution in [2.24, 2.45) is 0 Å². The predicted molar refractivity (Wildman–Crippen MR) is 102 cm³/mol. The van der Waals surface area contributed by atoms with Crippen molar-refractivity contribution in [3.05, 3.63) is 83.4 Å². The number of benzene rings is 2. The molecule has 3 aromatic rings. The van der Waals surface area contributed by atoms with E-state index in [-0.39, 0.29) is 11.9 Å². The molecule has 2 aliphatic rings. The highest BCUT2D eigenvalue weighted by atomic mass is 16.2. The minimum Gasteiger partial charge on any atom is -0.292 e. The summed E-state index contributed by atoms with van der Waals surface area (Å²) >= 11 is 0. The van der Waals surface area contributed by atoms with E-state index >= 15 is 0 Å². The van der Waals surface area contributed by atoms with Crippen molar-refractivity contribution in [3.63, 3.8) is 0 Å². The molecule has 1 aliphatic heterocycles. The molecule has 2 aromatic carbocycles. The van der Waals surface area contributed by atoms with Crippen molar-refractivity contribution >= 4 is 11.7 Å². The maximum Gasteiger partial charge on any atom is 0.334 e. The molecule has 0 saturated heterocycles. The molecule has 0 spiro atoms. The van der Waals surface area contributed by atoms with Crippen LogP contribution in [0.4, 0.5) is 10.5 Å². The maximum absolute atomic E-state index is 13.4. The van der Waals surface area contributed by atoms with Gasteiger partial charge in [-0.2, -0.15) is 0 Å². The lowest BCUT2D eigenvalue weighted by Crippen LogP contribution is -2.34. The van der Waals surface area contributed by atoms with E-state index in [1.807, 2.05) is 17.0 Å². The van der Waals surface area contributed by atoms with Gasteiger partial charge in [0.05, 0.1) is 11.4 Å². The number of amides is 1. The van der Waals surface area contributed by atoms with Crippen LogP contribution in [0.5, 0.6) is 0 Å². The highest BCUT2D eigenvalue weighted by molar-refractivity contribution is 5.96. The van der Waals surface area contributed by atoms with Crippen molar-refractivity contribution < 1.29 is 4.79 Å². The zero-order valence-electron chi connectivity index (χ0n) is 14.6. The Bertz CT molecular complexity index is 961. The molecule has 1 aliphatic carbocycles. The number of carbonyl (C=O) groups is 1. The zero-order chi connectivity index (χ0) is 17.5. The Balaban J connectivity index is 1.54. The van der Waals surface area contributed by atoms with Gasteiger partial charge >= 0.3 is 6.03 Å². The molecule has 4 heteroatoms. The second-order valence-electron chi connectivity index (χ2n) is 7.13. The van der Waals surface area contributed by atoms with Gasteiger partial charge in [0.2, 0.25) is 0 Å². The fourth-order valence-corrected chi connectivity index (χ4v) is 4.32. The van der Waals surface area contributed by atoms with Crippen molar-refractivity contribution in [2.75, 3.05) is 11.4 Å². The molecule has 0 fully saturated rings. The Kier molecular flexibility index (Phi) is 3.63. The summed E-state index contributed by atoms with van der Waals surface area (Å²) in [5.74, 6) is 0.218. The lowest BCUT2D eigenvalue weighted by atomic mass is 9.93. The third kappa shape index (κ3) is 2.37. The topological polar surface area (TPSA) is 38.1 Å². The van der Waals surface area contributed by atoms with Crippen LogP contribution >= 0.6 is 0 Å². The number of para-hydroxylation sites is 1. The van der Waals surface area contributed by atoms with E-state index < -0.39 is 0 Å². The van der Waals surface area contributed by atoms with E-state index in [1.54, 1.807) is 10.9 Å². The summed E-state index contributed by atoms with van der Waals surface area (Å²) in [6.45, 7) is 0.676. The minimum absolute atomic E-state index is 0.0199. The number of hydrogen-bond donors (Lipinski definition) is 0. The highest BCUT2D eigenvalue weighted by Crippen LogP contribution is 2.40. The van der Waals surface area contributed by atoms with Crippen LogP contribution in [0.15, 0.2) is 60.9 Å². The number of rotatable bonds is 1. The first-order chi connectivity index (χ1) is 12.8.